The number of oxazole rings is 1. The molecule has 3 rings (SSSR count). The fourth-order valence-electron chi connectivity index (χ4n) is 3.71. The Labute approximate surface area is 162 Å². The van der Waals surface area contributed by atoms with Crippen LogP contribution in [0.4, 0.5) is 6.01 Å². The molecule has 0 aliphatic heterocycles. The van der Waals surface area contributed by atoms with Gasteiger partial charge in [-0.3, -0.25) is 9.59 Å². The van der Waals surface area contributed by atoms with Crippen LogP contribution in [0.25, 0.3) is 11.1 Å². The zero-order chi connectivity index (χ0) is 19.4. The Morgan fingerprint density at radius 1 is 1.19 bits per heavy atom. The quantitative estimate of drug-likeness (QED) is 0.588. The van der Waals surface area contributed by atoms with Gasteiger partial charge in [0.2, 0.25) is 0 Å². The van der Waals surface area contributed by atoms with Gasteiger partial charge in [0, 0.05) is 5.02 Å². The molecule has 1 aliphatic carbocycles. The second-order valence-electron chi connectivity index (χ2n) is 6.72. The highest BCUT2D eigenvalue weighted by Gasteiger charge is 2.42. The van der Waals surface area contributed by atoms with E-state index in [4.69, 9.17) is 25.5 Å². The minimum absolute atomic E-state index is 0.0977. The maximum Gasteiger partial charge on any atom is 0.322 e. The molecule has 2 aromatic rings. The zero-order valence-electron chi connectivity index (χ0n) is 15.4. The predicted octanol–water partition coefficient (Wildman–Crippen LogP) is 3.80. The number of halogens is 1. The number of nitrogens with one attached hydrogen (secondary N) is 1. The van der Waals surface area contributed by atoms with Gasteiger partial charge < -0.3 is 19.2 Å². The van der Waals surface area contributed by atoms with E-state index in [9.17, 15) is 9.59 Å². The van der Waals surface area contributed by atoms with Crippen LogP contribution in [0.5, 0.6) is 0 Å². The zero-order valence-corrected chi connectivity index (χ0v) is 16.1. The summed E-state index contributed by atoms with van der Waals surface area (Å²) in [5.74, 6) is -2.27. The van der Waals surface area contributed by atoms with Crippen molar-refractivity contribution in [3.63, 3.8) is 0 Å². The molecule has 0 bridgehead atoms. The van der Waals surface area contributed by atoms with E-state index < -0.39 is 23.9 Å². The van der Waals surface area contributed by atoms with Crippen molar-refractivity contribution in [1.29, 1.82) is 0 Å². The summed E-state index contributed by atoms with van der Waals surface area (Å²) in [7, 11) is 2.52. The van der Waals surface area contributed by atoms with Crippen LogP contribution in [0.15, 0.2) is 22.6 Å². The number of hydrogen-bond donors (Lipinski definition) is 1. The summed E-state index contributed by atoms with van der Waals surface area (Å²) in [6, 6.07) is 4.83. The minimum atomic E-state index is -1.10. The molecule has 1 aliphatic rings. The van der Waals surface area contributed by atoms with Crippen LogP contribution < -0.4 is 5.32 Å². The largest absolute Gasteiger partial charge is 0.468 e. The van der Waals surface area contributed by atoms with E-state index in [2.05, 4.69) is 10.3 Å². The van der Waals surface area contributed by atoms with E-state index in [-0.39, 0.29) is 11.9 Å². The summed E-state index contributed by atoms with van der Waals surface area (Å²) in [5, 5.41) is 3.71. The fraction of sp³-hybridized carbons (Fsp3) is 0.526. The van der Waals surface area contributed by atoms with Crippen molar-refractivity contribution in [2.45, 2.75) is 38.1 Å². The van der Waals surface area contributed by atoms with Crippen LogP contribution in [-0.2, 0) is 19.1 Å². The van der Waals surface area contributed by atoms with Gasteiger partial charge in [-0.1, -0.05) is 30.9 Å². The molecule has 1 fully saturated rings. The fourth-order valence-corrected chi connectivity index (χ4v) is 3.88. The van der Waals surface area contributed by atoms with E-state index in [1.165, 1.54) is 14.2 Å². The summed E-state index contributed by atoms with van der Waals surface area (Å²) in [4.78, 5) is 29.1. The lowest BCUT2D eigenvalue weighted by atomic mass is 9.78. The molecule has 0 amide bonds. The predicted molar refractivity (Wildman–Crippen MR) is 101 cm³/mol. The summed E-state index contributed by atoms with van der Waals surface area (Å²) in [6.45, 7) is 0. The smallest absolute Gasteiger partial charge is 0.322 e. The van der Waals surface area contributed by atoms with Crippen molar-refractivity contribution in [2.24, 2.45) is 11.8 Å². The second kappa shape index (κ2) is 8.61. The van der Waals surface area contributed by atoms with E-state index in [1.54, 1.807) is 18.2 Å². The lowest BCUT2D eigenvalue weighted by Crippen LogP contribution is -2.46. The SMILES string of the molecule is COC(=O)C(C(=O)OC)C(Nc1nc2cc(Cl)ccc2o1)C1CCCCC1. The number of nitrogens with zero attached hydrogens (tertiary/aromatic N) is 1. The lowest BCUT2D eigenvalue weighted by molar-refractivity contribution is -0.160. The van der Waals surface area contributed by atoms with Gasteiger partial charge in [-0.2, -0.15) is 4.98 Å². The number of fused-ring (bicyclic) bond motifs is 1. The number of carbonyl (C=O) groups excluding carboxylic acids is 2. The average Bonchev–Trinajstić information content (AvgIpc) is 3.09. The highest BCUT2D eigenvalue weighted by atomic mass is 35.5. The highest BCUT2D eigenvalue weighted by Crippen LogP contribution is 2.33. The monoisotopic (exact) mass is 394 g/mol. The summed E-state index contributed by atoms with van der Waals surface area (Å²) in [6.07, 6.45) is 5.02. The molecule has 7 nitrogen and oxygen atoms in total. The molecular weight excluding hydrogens is 372 g/mol. The first-order valence-corrected chi connectivity index (χ1v) is 9.39. The van der Waals surface area contributed by atoms with Crippen molar-refractivity contribution in [2.75, 3.05) is 19.5 Å². The van der Waals surface area contributed by atoms with Gasteiger partial charge in [0.05, 0.1) is 20.3 Å². The number of benzene rings is 1. The molecule has 1 unspecified atom stereocenters. The van der Waals surface area contributed by atoms with Crippen molar-refractivity contribution in [3.8, 4) is 0 Å². The number of esters is 2. The third kappa shape index (κ3) is 4.35. The normalized spacial score (nSPS) is 16.3. The van der Waals surface area contributed by atoms with Gasteiger partial charge in [0.25, 0.3) is 6.01 Å². The van der Waals surface area contributed by atoms with Gasteiger partial charge in [0.1, 0.15) is 5.52 Å². The van der Waals surface area contributed by atoms with Crippen LogP contribution in [-0.4, -0.2) is 37.2 Å². The van der Waals surface area contributed by atoms with E-state index in [0.717, 1.165) is 32.1 Å². The van der Waals surface area contributed by atoms with Gasteiger partial charge >= 0.3 is 11.9 Å². The van der Waals surface area contributed by atoms with Crippen LogP contribution in [0, 0.1) is 11.8 Å². The van der Waals surface area contributed by atoms with Crippen LogP contribution >= 0.6 is 11.6 Å². The van der Waals surface area contributed by atoms with Crippen molar-refractivity contribution < 1.29 is 23.5 Å². The lowest BCUT2D eigenvalue weighted by Gasteiger charge is -2.33. The standard InChI is InChI=1S/C19H23ClN2O5/c1-25-17(23)15(18(24)26-2)16(11-6-4-3-5-7-11)22-19-21-13-10-12(20)8-9-14(13)27-19/h8-11,15-16H,3-7H2,1-2H3,(H,21,22). The van der Waals surface area contributed by atoms with E-state index in [1.807, 2.05) is 0 Å². The average molecular weight is 395 g/mol. The Kier molecular flexibility index (Phi) is 6.21. The number of hydrogen-bond acceptors (Lipinski definition) is 7. The molecule has 8 heteroatoms. The molecule has 1 heterocycles. The molecule has 0 saturated heterocycles. The Hall–Kier alpha value is -2.28. The molecule has 1 aromatic heterocycles. The number of anilines is 1. The molecule has 0 spiro atoms. The molecule has 1 N–H and O–H groups in total. The van der Waals surface area contributed by atoms with Crippen LogP contribution in [0.1, 0.15) is 32.1 Å². The molecule has 0 radical (unpaired) electrons. The van der Waals surface area contributed by atoms with Gasteiger partial charge in [0.15, 0.2) is 11.5 Å². The summed E-state index contributed by atoms with van der Waals surface area (Å²) < 4.78 is 15.5. The number of aromatic nitrogens is 1. The Bertz CT molecular complexity index is 800. The first-order valence-electron chi connectivity index (χ1n) is 9.01. The maximum absolute atomic E-state index is 12.4. The topological polar surface area (TPSA) is 90.7 Å². The van der Waals surface area contributed by atoms with Gasteiger partial charge in [-0.25, -0.2) is 0 Å². The maximum atomic E-state index is 12.4. The third-order valence-corrected chi connectivity index (χ3v) is 5.30. The van der Waals surface area contributed by atoms with Crippen molar-refractivity contribution in [3.05, 3.63) is 23.2 Å². The number of carbonyl (C=O) groups is 2. The molecule has 1 aromatic carbocycles. The molecule has 27 heavy (non-hydrogen) atoms. The Balaban J connectivity index is 1.94. The van der Waals surface area contributed by atoms with Crippen LogP contribution in [0.3, 0.4) is 0 Å². The van der Waals surface area contributed by atoms with E-state index in [0.29, 0.717) is 16.1 Å². The minimum Gasteiger partial charge on any atom is -0.468 e. The summed E-state index contributed by atoms with van der Waals surface area (Å²) >= 11 is 6.00. The second-order valence-corrected chi connectivity index (χ2v) is 7.16. The van der Waals surface area contributed by atoms with Crippen molar-refractivity contribution >= 4 is 40.7 Å². The molecule has 1 saturated carbocycles. The first-order chi connectivity index (χ1) is 13.0. The van der Waals surface area contributed by atoms with Crippen LogP contribution in [0.2, 0.25) is 5.02 Å². The third-order valence-electron chi connectivity index (χ3n) is 5.07. The first kappa shape index (κ1) is 19.5. The Morgan fingerprint density at radius 3 is 2.48 bits per heavy atom. The highest BCUT2D eigenvalue weighted by molar-refractivity contribution is 6.31. The molecule has 146 valence electrons. The Morgan fingerprint density at radius 2 is 1.85 bits per heavy atom. The molecule has 1 atom stereocenters. The summed E-state index contributed by atoms with van der Waals surface area (Å²) in [5.41, 5.74) is 1.16. The van der Waals surface area contributed by atoms with E-state index >= 15 is 0 Å². The molecular formula is C19H23ClN2O5. The number of rotatable bonds is 6. The van der Waals surface area contributed by atoms with Crippen molar-refractivity contribution in [1.82, 2.24) is 4.98 Å². The van der Waals surface area contributed by atoms with Gasteiger partial charge in [-0.15, -0.1) is 0 Å². The van der Waals surface area contributed by atoms with Gasteiger partial charge in [-0.05, 0) is 37.0 Å². The number of ether oxygens (including phenoxy) is 2. The number of methoxy groups -OCH3 is 2.